The zero-order chi connectivity index (χ0) is 25.1. The quantitative estimate of drug-likeness (QED) is 0.382. The number of carbonyl (C=O) groups is 2. The Kier molecular flexibility index (Phi) is 6.28. The summed E-state index contributed by atoms with van der Waals surface area (Å²) in [6, 6.07) is 18.3. The van der Waals surface area contributed by atoms with Crippen LogP contribution in [-0.2, 0) is 20.7 Å². The molecule has 36 heavy (non-hydrogen) atoms. The van der Waals surface area contributed by atoms with Crippen molar-refractivity contribution in [1.82, 2.24) is 19.3 Å². The molecule has 2 aromatic heterocycles. The number of aromatic nitrogens is 4. The third-order valence-corrected chi connectivity index (χ3v) is 5.86. The van der Waals surface area contributed by atoms with Gasteiger partial charge in [0.1, 0.15) is 17.5 Å². The monoisotopic (exact) mass is 482 g/mol. The van der Waals surface area contributed by atoms with Crippen molar-refractivity contribution in [3.05, 3.63) is 82.5 Å². The first-order chi connectivity index (χ1) is 17.5. The van der Waals surface area contributed by atoms with Crippen LogP contribution in [0.2, 0.25) is 0 Å². The van der Waals surface area contributed by atoms with Crippen LogP contribution in [0, 0.1) is 11.3 Å². The number of hydrogen-bond donors (Lipinski definition) is 1. The van der Waals surface area contributed by atoms with Gasteiger partial charge in [0, 0.05) is 12.5 Å². The van der Waals surface area contributed by atoms with E-state index in [9.17, 15) is 19.6 Å². The Balaban J connectivity index is 1.22. The molecule has 10 heteroatoms. The maximum absolute atomic E-state index is 12.9. The van der Waals surface area contributed by atoms with Gasteiger partial charge in [0.15, 0.2) is 12.4 Å². The van der Waals surface area contributed by atoms with E-state index in [1.165, 1.54) is 10.9 Å². The normalized spacial score (nSPS) is 12.8. The molecule has 0 atom stereocenters. The van der Waals surface area contributed by atoms with Crippen LogP contribution < -0.4 is 10.9 Å². The van der Waals surface area contributed by atoms with Gasteiger partial charge in [-0.2, -0.15) is 10.4 Å². The molecular formula is C26H22N6O4. The maximum Gasteiger partial charge on any atom is 0.306 e. The summed E-state index contributed by atoms with van der Waals surface area (Å²) in [6.45, 7) is -0.524. The van der Waals surface area contributed by atoms with Gasteiger partial charge in [-0.25, -0.2) is 9.67 Å². The topological polar surface area (TPSA) is 132 Å². The molecule has 0 radical (unpaired) electrons. The molecule has 4 aromatic rings. The van der Waals surface area contributed by atoms with Gasteiger partial charge in [-0.05, 0) is 37.1 Å². The maximum atomic E-state index is 12.9. The molecule has 180 valence electrons. The van der Waals surface area contributed by atoms with E-state index in [1.807, 2.05) is 30.3 Å². The minimum absolute atomic E-state index is 0.0316. The summed E-state index contributed by atoms with van der Waals surface area (Å²) in [6.07, 6.45) is 3.35. The molecule has 0 aliphatic heterocycles. The van der Waals surface area contributed by atoms with Crippen molar-refractivity contribution in [1.29, 1.82) is 5.26 Å². The fourth-order valence-corrected chi connectivity index (χ4v) is 3.99. The van der Waals surface area contributed by atoms with Gasteiger partial charge in [0.2, 0.25) is 0 Å². The van der Waals surface area contributed by atoms with Gasteiger partial charge < -0.3 is 10.1 Å². The SMILES string of the molecule is N#Cc1cnn(-c2ccccc2)c1NC(=O)COC(=O)CCc1nc2ccccc2c(=O)n1C1CC1. The number of aryl methyl sites for hydroxylation is 1. The van der Waals surface area contributed by atoms with Crippen LogP contribution in [0.25, 0.3) is 16.6 Å². The average Bonchev–Trinajstić information content (AvgIpc) is 3.66. The van der Waals surface area contributed by atoms with E-state index < -0.39 is 18.5 Å². The first-order valence-corrected chi connectivity index (χ1v) is 11.5. The highest BCUT2D eigenvalue weighted by Gasteiger charge is 2.28. The summed E-state index contributed by atoms with van der Waals surface area (Å²) < 4.78 is 8.26. The lowest BCUT2D eigenvalue weighted by atomic mass is 10.2. The molecule has 10 nitrogen and oxygen atoms in total. The Hall–Kier alpha value is -4.78. The summed E-state index contributed by atoms with van der Waals surface area (Å²) in [4.78, 5) is 42.4. The number of amides is 1. The largest absolute Gasteiger partial charge is 0.456 e. The number of benzene rings is 2. The summed E-state index contributed by atoms with van der Waals surface area (Å²) in [5.41, 5.74) is 1.33. The lowest BCUT2D eigenvalue weighted by molar-refractivity contribution is -0.147. The van der Waals surface area contributed by atoms with Crippen LogP contribution in [0.5, 0.6) is 0 Å². The Bertz CT molecular complexity index is 1550. The third-order valence-electron chi connectivity index (χ3n) is 5.86. The van der Waals surface area contributed by atoms with E-state index in [-0.39, 0.29) is 35.8 Å². The molecule has 1 aliphatic rings. The predicted octanol–water partition coefficient (Wildman–Crippen LogP) is 2.90. The van der Waals surface area contributed by atoms with Crippen molar-refractivity contribution < 1.29 is 14.3 Å². The van der Waals surface area contributed by atoms with Crippen LogP contribution in [0.4, 0.5) is 5.82 Å². The lowest BCUT2D eigenvalue weighted by Gasteiger charge is -2.13. The number of hydrogen-bond acceptors (Lipinski definition) is 7. The van der Waals surface area contributed by atoms with Crippen molar-refractivity contribution in [2.24, 2.45) is 0 Å². The highest BCUT2D eigenvalue weighted by molar-refractivity contribution is 5.93. The molecule has 1 aliphatic carbocycles. The summed E-state index contributed by atoms with van der Waals surface area (Å²) in [5.74, 6) is -0.463. The number of esters is 1. The average molecular weight is 483 g/mol. The molecule has 2 heterocycles. The zero-order valence-electron chi connectivity index (χ0n) is 19.3. The number of nitrogens with one attached hydrogen (secondary N) is 1. The minimum Gasteiger partial charge on any atom is -0.456 e. The number of carbonyl (C=O) groups excluding carboxylic acids is 2. The predicted molar refractivity (Wildman–Crippen MR) is 130 cm³/mol. The van der Waals surface area contributed by atoms with E-state index in [1.54, 1.807) is 34.9 Å². The van der Waals surface area contributed by atoms with Crippen LogP contribution >= 0.6 is 0 Å². The van der Waals surface area contributed by atoms with E-state index >= 15 is 0 Å². The number of rotatable bonds is 8. The second-order valence-electron chi connectivity index (χ2n) is 8.43. The first kappa shape index (κ1) is 23.0. The van der Waals surface area contributed by atoms with Crippen LogP contribution in [0.3, 0.4) is 0 Å². The van der Waals surface area contributed by atoms with Gasteiger partial charge in [-0.3, -0.25) is 19.0 Å². The standard InChI is InChI=1S/C26H22N6O4/c27-14-17-15-28-32(19-6-2-1-3-7-19)25(17)30-23(33)16-36-24(34)13-12-22-29-21-9-5-4-8-20(21)26(35)31(22)18-10-11-18/h1-9,15,18H,10-13,16H2,(H,30,33). The third kappa shape index (κ3) is 4.72. The molecule has 2 aromatic carbocycles. The van der Waals surface area contributed by atoms with Crippen molar-refractivity contribution in [3.63, 3.8) is 0 Å². The second-order valence-corrected chi connectivity index (χ2v) is 8.43. The van der Waals surface area contributed by atoms with Crippen molar-refractivity contribution in [2.45, 2.75) is 31.7 Å². The fraction of sp³-hybridized carbons (Fsp3) is 0.231. The highest BCUT2D eigenvalue weighted by atomic mass is 16.5. The van der Waals surface area contributed by atoms with Crippen molar-refractivity contribution in [3.8, 4) is 11.8 Å². The zero-order valence-corrected chi connectivity index (χ0v) is 19.3. The molecule has 0 unspecified atom stereocenters. The fourth-order valence-electron chi connectivity index (χ4n) is 3.99. The summed E-state index contributed by atoms with van der Waals surface area (Å²) in [7, 11) is 0. The molecule has 1 N–H and O–H groups in total. The molecular weight excluding hydrogens is 460 g/mol. The molecule has 1 fully saturated rings. The number of ether oxygens (including phenoxy) is 1. The molecule has 1 saturated carbocycles. The van der Waals surface area contributed by atoms with E-state index in [2.05, 4.69) is 15.4 Å². The Morgan fingerprint density at radius 1 is 1.11 bits per heavy atom. The summed E-state index contributed by atoms with van der Waals surface area (Å²) >= 11 is 0. The summed E-state index contributed by atoms with van der Waals surface area (Å²) in [5, 5.41) is 16.7. The number of para-hydroxylation sites is 2. The number of nitriles is 1. The molecule has 5 rings (SSSR count). The Morgan fingerprint density at radius 3 is 2.61 bits per heavy atom. The highest BCUT2D eigenvalue weighted by Crippen LogP contribution is 2.35. The Labute approximate surface area is 205 Å². The minimum atomic E-state index is -0.601. The van der Waals surface area contributed by atoms with E-state index in [0.29, 0.717) is 22.4 Å². The van der Waals surface area contributed by atoms with Gasteiger partial charge in [-0.1, -0.05) is 30.3 Å². The first-order valence-electron chi connectivity index (χ1n) is 11.5. The van der Waals surface area contributed by atoms with Crippen molar-refractivity contribution >= 4 is 28.6 Å². The van der Waals surface area contributed by atoms with Crippen LogP contribution in [-0.4, -0.2) is 37.8 Å². The number of anilines is 1. The van der Waals surface area contributed by atoms with Crippen LogP contribution in [0.1, 0.15) is 36.7 Å². The molecule has 1 amide bonds. The smallest absolute Gasteiger partial charge is 0.306 e. The second kappa shape index (κ2) is 9.84. The van der Waals surface area contributed by atoms with Crippen molar-refractivity contribution in [2.75, 3.05) is 11.9 Å². The molecule has 0 bridgehead atoms. The Morgan fingerprint density at radius 2 is 1.86 bits per heavy atom. The number of nitrogens with zero attached hydrogens (tertiary/aromatic N) is 5. The van der Waals surface area contributed by atoms with Gasteiger partial charge in [-0.15, -0.1) is 0 Å². The lowest BCUT2D eigenvalue weighted by Crippen LogP contribution is -2.26. The van der Waals surface area contributed by atoms with Crippen LogP contribution in [0.15, 0.2) is 65.6 Å². The molecule has 0 spiro atoms. The molecule has 0 saturated heterocycles. The van der Waals surface area contributed by atoms with E-state index in [0.717, 1.165) is 12.8 Å². The van der Waals surface area contributed by atoms with Gasteiger partial charge >= 0.3 is 5.97 Å². The van der Waals surface area contributed by atoms with Gasteiger partial charge in [0.25, 0.3) is 11.5 Å². The number of fused-ring (bicyclic) bond motifs is 1. The van der Waals surface area contributed by atoms with Gasteiger partial charge in [0.05, 0.1) is 29.2 Å². The van der Waals surface area contributed by atoms with E-state index in [4.69, 9.17) is 4.74 Å².